The minimum absolute atomic E-state index is 0.155. The molecule has 1 unspecified atom stereocenters. The molecule has 0 saturated heterocycles. The molecule has 0 spiro atoms. The Hall–Kier alpha value is -0.610. The summed E-state index contributed by atoms with van der Waals surface area (Å²) >= 11 is 0. The fourth-order valence-electron chi connectivity index (χ4n) is 1.94. The molecule has 0 aliphatic heterocycles. The van der Waals surface area contributed by atoms with Crippen LogP contribution in [0, 0.1) is 0 Å². The van der Waals surface area contributed by atoms with Gasteiger partial charge >= 0.3 is 5.97 Å². The highest BCUT2D eigenvalue weighted by atomic mass is 16.6. The normalized spacial score (nSPS) is 18.6. The third-order valence-electron chi connectivity index (χ3n) is 2.78. The topological polar surface area (TPSA) is 47.6 Å². The molecular weight excluding hydrogens is 206 g/mol. The highest BCUT2D eigenvalue weighted by Gasteiger charge is 2.16. The van der Waals surface area contributed by atoms with E-state index in [2.05, 4.69) is 5.32 Å². The molecule has 1 atom stereocenters. The van der Waals surface area contributed by atoms with E-state index in [0.29, 0.717) is 25.8 Å². The Morgan fingerprint density at radius 2 is 2.12 bits per heavy atom. The molecule has 1 aliphatic rings. The standard InChI is InChI=1S/C12H23NO3/c1-3-15-9-10(2)16-12(14)8-13-11-6-4-5-7-11/h10-11,13H,3-9H2,1-2H3. The van der Waals surface area contributed by atoms with Crippen LogP contribution in [0.1, 0.15) is 39.5 Å². The lowest BCUT2D eigenvalue weighted by Gasteiger charge is -2.15. The largest absolute Gasteiger partial charge is 0.459 e. The number of rotatable bonds is 7. The van der Waals surface area contributed by atoms with Crippen molar-refractivity contribution in [1.82, 2.24) is 5.32 Å². The van der Waals surface area contributed by atoms with E-state index in [1.54, 1.807) is 0 Å². The van der Waals surface area contributed by atoms with Crippen molar-refractivity contribution in [2.75, 3.05) is 19.8 Å². The predicted octanol–water partition coefficient (Wildman–Crippen LogP) is 1.49. The smallest absolute Gasteiger partial charge is 0.320 e. The average Bonchev–Trinajstić information content (AvgIpc) is 2.76. The SMILES string of the molecule is CCOCC(C)OC(=O)CNC1CCCC1. The van der Waals surface area contributed by atoms with Gasteiger partial charge in [0.05, 0.1) is 13.2 Å². The summed E-state index contributed by atoms with van der Waals surface area (Å²) in [7, 11) is 0. The van der Waals surface area contributed by atoms with Crippen molar-refractivity contribution >= 4 is 5.97 Å². The summed E-state index contributed by atoms with van der Waals surface area (Å²) in [5.74, 6) is -0.181. The molecule has 16 heavy (non-hydrogen) atoms. The van der Waals surface area contributed by atoms with Crippen molar-refractivity contribution in [3.05, 3.63) is 0 Å². The van der Waals surface area contributed by atoms with Gasteiger partial charge in [0.2, 0.25) is 0 Å². The lowest BCUT2D eigenvalue weighted by Crippen LogP contribution is -2.34. The van der Waals surface area contributed by atoms with E-state index >= 15 is 0 Å². The summed E-state index contributed by atoms with van der Waals surface area (Å²) < 4.78 is 10.4. The molecule has 94 valence electrons. The van der Waals surface area contributed by atoms with E-state index in [1.807, 2.05) is 13.8 Å². The number of esters is 1. The second-order valence-electron chi connectivity index (χ2n) is 4.32. The van der Waals surface area contributed by atoms with Gasteiger partial charge in [0.15, 0.2) is 0 Å². The molecule has 0 aromatic carbocycles. The fourth-order valence-corrected chi connectivity index (χ4v) is 1.94. The first kappa shape index (κ1) is 13.5. The van der Waals surface area contributed by atoms with Crippen molar-refractivity contribution < 1.29 is 14.3 Å². The second kappa shape index (κ2) is 7.63. The van der Waals surface area contributed by atoms with Crippen molar-refractivity contribution in [1.29, 1.82) is 0 Å². The minimum atomic E-state index is -0.181. The Labute approximate surface area is 97.7 Å². The Morgan fingerprint density at radius 3 is 2.75 bits per heavy atom. The Balaban J connectivity index is 2.05. The maximum atomic E-state index is 11.4. The number of hydrogen-bond donors (Lipinski definition) is 1. The van der Waals surface area contributed by atoms with Gasteiger partial charge in [-0.1, -0.05) is 12.8 Å². The van der Waals surface area contributed by atoms with E-state index in [9.17, 15) is 4.79 Å². The van der Waals surface area contributed by atoms with Gasteiger partial charge in [-0.2, -0.15) is 0 Å². The molecule has 1 saturated carbocycles. The fraction of sp³-hybridized carbons (Fsp3) is 0.917. The third-order valence-corrected chi connectivity index (χ3v) is 2.78. The highest BCUT2D eigenvalue weighted by molar-refractivity contribution is 5.71. The molecule has 1 rings (SSSR count). The van der Waals surface area contributed by atoms with E-state index in [-0.39, 0.29) is 12.1 Å². The van der Waals surface area contributed by atoms with Gasteiger partial charge in [-0.25, -0.2) is 0 Å². The van der Waals surface area contributed by atoms with Crippen LogP contribution in [0.3, 0.4) is 0 Å². The van der Waals surface area contributed by atoms with Crippen LogP contribution >= 0.6 is 0 Å². The summed E-state index contributed by atoms with van der Waals surface area (Å²) in [6.45, 7) is 5.23. The molecule has 0 radical (unpaired) electrons. The van der Waals surface area contributed by atoms with Crippen LogP contribution in [0.2, 0.25) is 0 Å². The Bertz CT molecular complexity index is 202. The van der Waals surface area contributed by atoms with Gasteiger partial charge in [0, 0.05) is 12.6 Å². The van der Waals surface area contributed by atoms with Crippen LogP contribution in [-0.4, -0.2) is 37.9 Å². The molecule has 0 aromatic heterocycles. The van der Waals surface area contributed by atoms with Crippen LogP contribution in [0.25, 0.3) is 0 Å². The van der Waals surface area contributed by atoms with E-state index < -0.39 is 0 Å². The monoisotopic (exact) mass is 229 g/mol. The zero-order valence-corrected chi connectivity index (χ0v) is 10.3. The molecule has 0 aromatic rings. The van der Waals surface area contributed by atoms with Gasteiger partial charge in [-0.15, -0.1) is 0 Å². The molecule has 0 bridgehead atoms. The number of carbonyl (C=O) groups is 1. The van der Waals surface area contributed by atoms with Crippen molar-refractivity contribution in [3.63, 3.8) is 0 Å². The summed E-state index contributed by atoms with van der Waals surface area (Å²) in [4.78, 5) is 11.4. The Morgan fingerprint density at radius 1 is 1.44 bits per heavy atom. The number of hydrogen-bond acceptors (Lipinski definition) is 4. The van der Waals surface area contributed by atoms with Gasteiger partial charge in [-0.3, -0.25) is 4.79 Å². The number of ether oxygens (including phenoxy) is 2. The zero-order valence-electron chi connectivity index (χ0n) is 10.3. The van der Waals surface area contributed by atoms with Crippen LogP contribution < -0.4 is 5.32 Å². The highest BCUT2D eigenvalue weighted by Crippen LogP contribution is 2.17. The molecule has 1 N–H and O–H groups in total. The maximum absolute atomic E-state index is 11.4. The van der Waals surface area contributed by atoms with Gasteiger partial charge in [0.1, 0.15) is 6.10 Å². The molecule has 1 aliphatic carbocycles. The lowest BCUT2D eigenvalue weighted by molar-refractivity contribution is -0.149. The molecule has 1 fully saturated rings. The summed E-state index contributed by atoms with van der Waals surface area (Å²) in [5.41, 5.74) is 0. The minimum Gasteiger partial charge on any atom is -0.459 e. The van der Waals surface area contributed by atoms with Crippen molar-refractivity contribution in [3.8, 4) is 0 Å². The first-order chi connectivity index (χ1) is 7.72. The second-order valence-corrected chi connectivity index (χ2v) is 4.32. The Kier molecular flexibility index (Phi) is 6.42. The van der Waals surface area contributed by atoms with E-state index in [4.69, 9.17) is 9.47 Å². The number of carbonyl (C=O) groups excluding carboxylic acids is 1. The van der Waals surface area contributed by atoms with Gasteiger partial charge in [-0.05, 0) is 26.7 Å². The van der Waals surface area contributed by atoms with E-state index in [0.717, 1.165) is 0 Å². The third kappa shape index (κ3) is 5.47. The molecule has 4 heteroatoms. The van der Waals surface area contributed by atoms with Gasteiger partial charge in [0.25, 0.3) is 0 Å². The zero-order chi connectivity index (χ0) is 11.8. The maximum Gasteiger partial charge on any atom is 0.320 e. The summed E-state index contributed by atoms with van der Waals surface area (Å²) in [5, 5.41) is 3.23. The van der Waals surface area contributed by atoms with Crippen molar-refractivity contribution in [2.45, 2.75) is 51.7 Å². The van der Waals surface area contributed by atoms with Crippen LogP contribution in [-0.2, 0) is 14.3 Å². The molecular formula is C12H23NO3. The molecule has 4 nitrogen and oxygen atoms in total. The summed E-state index contributed by atoms with van der Waals surface area (Å²) in [6, 6.07) is 0.509. The average molecular weight is 229 g/mol. The quantitative estimate of drug-likeness (QED) is 0.672. The molecule has 0 amide bonds. The predicted molar refractivity (Wildman–Crippen MR) is 62.3 cm³/mol. The van der Waals surface area contributed by atoms with Crippen LogP contribution in [0.15, 0.2) is 0 Å². The van der Waals surface area contributed by atoms with Gasteiger partial charge < -0.3 is 14.8 Å². The summed E-state index contributed by atoms with van der Waals surface area (Å²) in [6.07, 6.45) is 4.75. The van der Waals surface area contributed by atoms with Crippen LogP contribution in [0.4, 0.5) is 0 Å². The van der Waals surface area contributed by atoms with E-state index in [1.165, 1.54) is 25.7 Å². The van der Waals surface area contributed by atoms with Crippen molar-refractivity contribution in [2.24, 2.45) is 0 Å². The number of nitrogens with one attached hydrogen (secondary N) is 1. The lowest BCUT2D eigenvalue weighted by atomic mass is 10.2. The first-order valence-corrected chi connectivity index (χ1v) is 6.23. The van der Waals surface area contributed by atoms with Crippen LogP contribution in [0.5, 0.6) is 0 Å². The molecule has 0 heterocycles. The first-order valence-electron chi connectivity index (χ1n) is 6.23.